The van der Waals surface area contributed by atoms with Gasteiger partial charge in [-0.15, -0.1) is 0 Å². The maximum absolute atomic E-state index is 9.45. The van der Waals surface area contributed by atoms with Gasteiger partial charge in [-0.2, -0.15) is 0 Å². The monoisotopic (exact) mass is 132 g/mol. The van der Waals surface area contributed by atoms with Crippen molar-refractivity contribution in [2.24, 2.45) is 0 Å². The maximum Gasteiger partial charge on any atom is 1.00 e. The van der Waals surface area contributed by atoms with E-state index < -0.39 is 16.5 Å². The Morgan fingerprint density at radius 1 is 1.86 bits per heavy atom. The van der Waals surface area contributed by atoms with Gasteiger partial charge in [0.2, 0.25) is 0 Å². The molecule has 38 valence electrons. The minimum atomic E-state index is -2.31. The Morgan fingerprint density at radius 3 is 2.00 bits per heavy atom. The predicted molar refractivity (Wildman–Crippen MR) is 20.6 cm³/mol. The first kappa shape index (κ1) is 10.9. The molecule has 0 amide bonds. The van der Waals surface area contributed by atoms with Gasteiger partial charge in [0, 0.05) is 0 Å². The molecule has 0 saturated carbocycles. The summed E-state index contributed by atoms with van der Waals surface area (Å²) in [5.41, 5.74) is -1.23. The predicted octanol–water partition coefficient (Wildman–Crippen LogP) is -3.79. The molecule has 0 fully saturated rings. The molecule has 0 aliphatic rings. The van der Waals surface area contributed by atoms with Crippen LogP contribution in [0.1, 0.15) is 6.92 Å². The Kier molecular flexibility index (Phi) is 8.15. The Bertz CT molecular complexity index is 64.0. The fraction of sp³-hybridized carbons (Fsp3) is 1.00. The van der Waals surface area contributed by atoms with Crippen molar-refractivity contribution in [3.8, 4) is 0 Å². The van der Waals surface area contributed by atoms with Crippen LogP contribution in [-0.4, -0.2) is 19.3 Å². The van der Waals surface area contributed by atoms with Crippen LogP contribution >= 0.6 is 0 Å². The standard InChI is InChI=1S/C2H6O3S.Na/c1-2(3)6(4)5;/h2-3H,1H3,(H,4,5);/q;+1/p-1. The molecule has 7 heavy (non-hydrogen) atoms. The van der Waals surface area contributed by atoms with Crippen molar-refractivity contribution >= 4 is 11.1 Å². The summed E-state index contributed by atoms with van der Waals surface area (Å²) in [6.45, 7) is 1.18. The average molecular weight is 132 g/mol. The largest absolute Gasteiger partial charge is 1.00 e. The normalized spacial score (nSPS) is 17.0. The van der Waals surface area contributed by atoms with Gasteiger partial charge < -0.3 is 9.66 Å². The fourth-order valence-electron chi connectivity index (χ4n) is 0. The minimum absolute atomic E-state index is 0. The smallest absolute Gasteiger partial charge is 0.770 e. The number of rotatable bonds is 1. The summed E-state index contributed by atoms with van der Waals surface area (Å²) in [7, 11) is 0. The second-order valence-corrected chi connectivity index (χ2v) is 2.06. The van der Waals surface area contributed by atoms with E-state index in [0.29, 0.717) is 0 Å². The van der Waals surface area contributed by atoms with Gasteiger partial charge in [0.05, 0.1) is 0 Å². The van der Waals surface area contributed by atoms with Crippen LogP contribution in [0.3, 0.4) is 0 Å². The molecule has 2 atom stereocenters. The summed E-state index contributed by atoms with van der Waals surface area (Å²) in [6, 6.07) is 0. The van der Waals surface area contributed by atoms with E-state index >= 15 is 0 Å². The number of hydrogen-bond donors (Lipinski definition) is 1. The third kappa shape index (κ3) is 7.07. The zero-order chi connectivity index (χ0) is 5.15. The molecular formula is C2H5NaO3S. The summed E-state index contributed by atoms with van der Waals surface area (Å²) in [6.07, 6.45) is 0. The Labute approximate surface area is 66.7 Å². The molecule has 0 saturated heterocycles. The second kappa shape index (κ2) is 5.21. The van der Waals surface area contributed by atoms with Crippen molar-refractivity contribution in [2.75, 3.05) is 0 Å². The quantitative estimate of drug-likeness (QED) is 0.294. The van der Waals surface area contributed by atoms with Crippen molar-refractivity contribution in [3.05, 3.63) is 0 Å². The van der Waals surface area contributed by atoms with E-state index in [1.54, 1.807) is 0 Å². The van der Waals surface area contributed by atoms with Crippen LogP contribution in [0.25, 0.3) is 0 Å². The van der Waals surface area contributed by atoms with E-state index in [0.717, 1.165) is 0 Å². The second-order valence-electron chi connectivity index (χ2n) is 0.860. The Morgan fingerprint density at radius 2 is 2.00 bits per heavy atom. The van der Waals surface area contributed by atoms with Gasteiger partial charge in [0.15, 0.2) is 0 Å². The van der Waals surface area contributed by atoms with E-state index in [4.69, 9.17) is 5.11 Å². The van der Waals surface area contributed by atoms with Gasteiger partial charge in [-0.1, -0.05) is 0 Å². The SMILES string of the molecule is CC(O)S(=O)[O-].[Na+]. The molecule has 0 heterocycles. The fourth-order valence-corrected chi connectivity index (χ4v) is 0. The molecule has 5 heteroatoms. The average Bonchev–Trinajstić information content (AvgIpc) is 1.36. The van der Waals surface area contributed by atoms with Gasteiger partial charge in [0.1, 0.15) is 5.44 Å². The summed E-state index contributed by atoms with van der Waals surface area (Å²) >= 11 is -2.31. The summed E-state index contributed by atoms with van der Waals surface area (Å²) in [5.74, 6) is 0. The van der Waals surface area contributed by atoms with Crippen LogP contribution < -0.4 is 29.6 Å². The third-order valence-electron chi connectivity index (χ3n) is 0.279. The van der Waals surface area contributed by atoms with Gasteiger partial charge in [-0.3, -0.25) is 4.21 Å². The molecule has 0 rings (SSSR count). The Hall–Kier alpha value is 1.07. The van der Waals surface area contributed by atoms with E-state index in [-0.39, 0.29) is 29.6 Å². The molecule has 0 radical (unpaired) electrons. The zero-order valence-electron chi connectivity index (χ0n) is 4.25. The molecule has 0 aromatic heterocycles. The van der Waals surface area contributed by atoms with Gasteiger partial charge in [-0.25, -0.2) is 0 Å². The van der Waals surface area contributed by atoms with Gasteiger partial charge >= 0.3 is 29.6 Å². The van der Waals surface area contributed by atoms with Crippen LogP contribution in [0, 0.1) is 0 Å². The molecule has 3 nitrogen and oxygen atoms in total. The molecule has 2 unspecified atom stereocenters. The van der Waals surface area contributed by atoms with Crippen LogP contribution in [-0.2, 0) is 11.1 Å². The van der Waals surface area contributed by atoms with Crippen LogP contribution in [0.15, 0.2) is 0 Å². The van der Waals surface area contributed by atoms with E-state index in [1.165, 1.54) is 6.92 Å². The molecule has 0 bridgehead atoms. The number of hydrogen-bond acceptors (Lipinski definition) is 3. The molecule has 1 N–H and O–H groups in total. The Balaban J connectivity index is 0. The molecule has 0 aliphatic heterocycles. The first-order valence-corrected chi connectivity index (χ1v) is 2.54. The minimum Gasteiger partial charge on any atom is -0.770 e. The molecular weight excluding hydrogens is 127 g/mol. The molecule has 0 aromatic rings. The van der Waals surface area contributed by atoms with Crippen LogP contribution in [0.4, 0.5) is 0 Å². The molecule has 0 aromatic carbocycles. The summed E-state index contributed by atoms with van der Waals surface area (Å²) < 4.78 is 18.9. The van der Waals surface area contributed by atoms with Crippen molar-refractivity contribution < 1.29 is 43.4 Å². The zero-order valence-corrected chi connectivity index (χ0v) is 7.07. The topological polar surface area (TPSA) is 60.4 Å². The van der Waals surface area contributed by atoms with Crippen molar-refractivity contribution in [1.29, 1.82) is 0 Å². The van der Waals surface area contributed by atoms with E-state index in [9.17, 15) is 8.76 Å². The van der Waals surface area contributed by atoms with Gasteiger partial charge in [0.25, 0.3) is 0 Å². The van der Waals surface area contributed by atoms with Gasteiger partial charge in [-0.05, 0) is 18.0 Å². The van der Waals surface area contributed by atoms with Crippen molar-refractivity contribution in [2.45, 2.75) is 12.4 Å². The number of aliphatic hydroxyl groups excluding tert-OH is 1. The molecule has 0 spiro atoms. The van der Waals surface area contributed by atoms with Crippen molar-refractivity contribution in [1.82, 2.24) is 0 Å². The first-order chi connectivity index (χ1) is 2.64. The van der Waals surface area contributed by atoms with Crippen LogP contribution in [0.2, 0.25) is 0 Å². The third-order valence-corrected chi connectivity index (χ3v) is 0.836. The molecule has 0 aliphatic carbocycles. The first-order valence-electron chi connectivity index (χ1n) is 1.40. The summed E-state index contributed by atoms with van der Waals surface area (Å²) in [4.78, 5) is 0. The van der Waals surface area contributed by atoms with Crippen molar-refractivity contribution in [3.63, 3.8) is 0 Å². The summed E-state index contributed by atoms with van der Waals surface area (Å²) in [5, 5.41) is 8.02. The van der Waals surface area contributed by atoms with E-state index in [1.807, 2.05) is 0 Å². The van der Waals surface area contributed by atoms with Crippen LogP contribution in [0.5, 0.6) is 0 Å². The van der Waals surface area contributed by atoms with E-state index in [2.05, 4.69) is 0 Å². The maximum atomic E-state index is 9.45. The number of aliphatic hydroxyl groups is 1.